The number of carbonyl (C=O) groups excluding carboxylic acids is 3. The Labute approximate surface area is 151 Å². The van der Waals surface area contributed by atoms with Crippen molar-refractivity contribution in [2.75, 3.05) is 23.4 Å². The van der Waals surface area contributed by atoms with Gasteiger partial charge in [0.15, 0.2) is 12.4 Å². The van der Waals surface area contributed by atoms with Gasteiger partial charge in [-0.2, -0.15) is 0 Å². The van der Waals surface area contributed by atoms with Gasteiger partial charge in [0.2, 0.25) is 5.91 Å². The summed E-state index contributed by atoms with van der Waals surface area (Å²) in [5.74, 6) is 0.0253. The van der Waals surface area contributed by atoms with E-state index in [0.29, 0.717) is 17.0 Å². The van der Waals surface area contributed by atoms with E-state index in [1.165, 1.54) is 11.8 Å². The van der Waals surface area contributed by atoms with E-state index in [2.05, 4.69) is 5.32 Å². The van der Waals surface area contributed by atoms with Gasteiger partial charge in [0, 0.05) is 24.2 Å². The molecule has 0 bridgehead atoms. The fraction of sp³-hybridized carbons (Fsp3) is 0.250. The van der Waals surface area contributed by atoms with E-state index in [0.717, 1.165) is 11.3 Å². The molecule has 0 fully saturated rings. The van der Waals surface area contributed by atoms with Gasteiger partial charge in [-0.25, -0.2) is 0 Å². The number of hydrogen-bond donors (Lipinski definition) is 1. The van der Waals surface area contributed by atoms with E-state index in [4.69, 9.17) is 4.74 Å². The number of benzene rings is 2. The van der Waals surface area contributed by atoms with Crippen LogP contribution in [-0.2, 0) is 9.59 Å². The number of hydrogen-bond acceptors (Lipinski definition) is 4. The van der Waals surface area contributed by atoms with Crippen LogP contribution < -0.4 is 15.0 Å². The van der Waals surface area contributed by atoms with Gasteiger partial charge in [0.25, 0.3) is 5.91 Å². The number of ether oxygens (including phenoxy) is 1. The molecule has 6 nitrogen and oxygen atoms in total. The Bertz CT molecular complexity index is 876. The lowest BCUT2D eigenvalue weighted by Crippen LogP contribution is -2.40. The monoisotopic (exact) mass is 352 g/mol. The lowest BCUT2D eigenvalue weighted by Gasteiger charge is -2.29. The highest BCUT2D eigenvalue weighted by molar-refractivity contribution is 6.02. The molecule has 1 N–H and O–H groups in total. The number of nitrogens with zero attached hydrogens (tertiary/aromatic N) is 1. The molecule has 0 saturated carbocycles. The van der Waals surface area contributed by atoms with Crippen molar-refractivity contribution in [1.29, 1.82) is 0 Å². The summed E-state index contributed by atoms with van der Waals surface area (Å²) in [6.07, 6.45) is 0.142. The Morgan fingerprint density at radius 3 is 2.73 bits per heavy atom. The van der Waals surface area contributed by atoms with E-state index in [1.807, 2.05) is 31.2 Å². The van der Waals surface area contributed by atoms with Crippen molar-refractivity contribution in [3.63, 3.8) is 0 Å². The smallest absolute Gasteiger partial charge is 0.265 e. The largest absolute Gasteiger partial charge is 0.482 e. The average molecular weight is 352 g/mol. The second kappa shape index (κ2) is 7.39. The van der Waals surface area contributed by atoms with Crippen molar-refractivity contribution < 1.29 is 19.1 Å². The number of rotatable bonds is 5. The average Bonchev–Trinajstić information content (AvgIpc) is 2.60. The Morgan fingerprint density at radius 1 is 1.19 bits per heavy atom. The molecule has 0 unspecified atom stereocenters. The van der Waals surface area contributed by atoms with Gasteiger partial charge in [0.05, 0.1) is 5.69 Å². The lowest BCUT2D eigenvalue weighted by molar-refractivity contribution is -0.121. The molecule has 1 heterocycles. The Balaban J connectivity index is 1.71. The number of aryl methyl sites for hydroxylation is 1. The molecular formula is C20H20N2O4. The van der Waals surface area contributed by atoms with Crippen molar-refractivity contribution >= 4 is 29.0 Å². The molecule has 0 saturated heterocycles. The van der Waals surface area contributed by atoms with Gasteiger partial charge in [-0.15, -0.1) is 0 Å². The lowest BCUT2D eigenvalue weighted by atomic mass is 10.1. The van der Waals surface area contributed by atoms with Gasteiger partial charge in [-0.1, -0.05) is 12.1 Å². The van der Waals surface area contributed by atoms with Crippen molar-refractivity contribution in [2.45, 2.75) is 20.3 Å². The summed E-state index contributed by atoms with van der Waals surface area (Å²) < 4.78 is 5.41. The van der Waals surface area contributed by atoms with E-state index in [-0.39, 0.29) is 37.2 Å². The van der Waals surface area contributed by atoms with E-state index in [9.17, 15) is 14.4 Å². The zero-order chi connectivity index (χ0) is 18.7. The van der Waals surface area contributed by atoms with Gasteiger partial charge in [-0.3, -0.25) is 14.4 Å². The quantitative estimate of drug-likeness (QED) is 0.840. The highest BCUT2D eigenvalue weighted by atomic mass is 16.5. The van der Waals surface area contributed by atoms with Crippen molar-refractivity contribution in [3.8, 4) is 5.75 Å². The summed E-state index contributed by atoms with van der Waals surface area (Å²) in [4.78, 5) is 37.6. The molecule has 0 radical (unpaired) electrons. The van der Waals surface area contributed by atoms with Gasteiger partial charge in [0.1, 0.15) is 5.75 Å². The number of Topliss-reactive ketones (excluding diaryl/α,β-unsaturated/α-hetero) is 1. The van der Waals surface area contributed by atoms with Crippen LogP contribution in [0.5, 0.6) is 5.75 Å². The summed E-state index contributed by atoms with van der Waals surface area (Å²) in [6, 6.07) is 12.5. The summed E-state index contributed by atoms with van der Waals surface area (Å²) >= 11 is 0. The first-order valence-corrected chi connectivity index (χ1v) is 8.39. The molecule has 1 aliphatic rings. The molecule has 134 valence electrons. The number of carbonyl (C=O) groups is 3. The molecule has 0 aromatic heterocycles. The number of amides is 2. The van der Waals surface area contributed by atoms with Crippen LogP contribution in [0.2, 0.25) is 0 Å². The first kappa shape index (κ1) is 17.7. The fourth-order valence-electron chi connectivity index (χ4n) is 2.83. The third-order valence-corrected chi connectivity index (χ3v) is 4.17. The molecular weight excluding hydrogens is 332 g/mol. The summed E-state index contributed by atoms with van der Waals surface area (Å²) in [5, 5.41) is 2.83. The molecule has 3 rings (SSSR count). The molecule has 0 spiro atoms. The minimum atomic E-state index is -0.235. The number of fused-ring (bicyclic) bond motifs is 1. The van der Waals surface area contributed by atoms with Crippen LogP contribution in [0.1, 0.15) is 29.3 Å². The van der Waals surface area contributed by atoms with E-state index in [1.54, 1.807) is 18.2 Å². The van der Waals surface area contributed by atoms with Crippen LogP contribution in [0, 0.1) is 6.92 Å². The number of anilines is 2. The molecule has 2 aromatic carbocycles. The van der Waals surface area contributed by atoms with Gasteiger partial charge < -0.3 is 15.0 Å². The molecule has 6 heteroatoms. The molecule has 0 aliphatic carbocycles. The van der Waals surface area contributed by atoms with Crippen LogP contribution in [0.3, 0.4) is 0 Å². The maximum atomic E-state index is 12.2. The van der Waals surface area contributed by atoms with Crippen molar-refractivity contribution in [1.82, 2.24) is 0 Å². The minimum absolute atomic E-state index is 0.0775. The Kier molecular flexibility index (Phi) is 5.02. The molecule has 26 heavy (non-hydrogen) atoms. The molecule has 0 atom stereocenters. The predicted molar refractivity (Wildman–Crippen MR) is 98.7 cm³/mol. The third kappa shape index (κ3) is 3.91. The highest BCUT2D eigenvalue weighted by Crippen LogP contribution is 2.33. The third-order valence-electron chi connectivity index (χ3n) is 4.17. The normalized spacial score (nSPS) is 13.0. The summed E-state index contributed by atoms with van der Waals surface area (Å²) in [6.45, 7) is 3.55. The fourth-order valence-corrected chi connectivity index (χ4v) is 2.83. The zero-order valence-electron chi connectivity index (χ0n) is 14.7. The Hall–Kier alpha value is -3.15. The zero-order valence-corrected chi connectivity index (χ0v) is 14.7. The van der Waals surface area contributed by atoms with Crippen LogP contribution in [0.25, 0.3) is 0 Å². The van der Waals surface area contributed by atoms with Gasteiger partial charge >= 0.3 is 0 Å². The number of ketones is 1. The van der Waals surface area contributed by atoms with E-state index < -0.39 is 0 Å². The molecule has 2 amide bonds. The molecule has 1 aliphatic heterocycles. The van der Waals surface area contributed by atoms with E-state index >= 15 is 0 Å². The standard InChI is InChI=1S/C20H20N2O4/c1-13-4-3-5-16(10-13)21-19(24)8-9-22-17-11-15(14(2)23)6-7-18(17)26-12-20(22)25/h3-7,10-11H,8-9,12H2,1-2H3,(H,21,24). The summed E-state index contributed by atoms with van der Waals surface area (Å²) in [7, 11) is 0. The highest BCUT2D eigenvalue weighted by Gasteiger charge is 2.26. The van der Waals surface area contributed by atoms with Crippen LogP contribution in [-0.4, -0.2) is 30.7 Å². The van der Waals surface area contributed by atoms with Crippen molar-refractivity contribution in [3.05, 3.63) is 53.6 Å². The van der Waals surface area contributed by atoms with Crippen molar-refractivity contribution in [2.24, 2.45) is 0 Å². The summed E-state index contributed by atoms with van der Waals surface area (Å²) in [5.41, 5.74) is 2.80. The molecule has 2 aromatic rings. The second-order valence-electron chi connectivity index (χ2n) is 6.24. The van der Waals surface area contributed by atoms with Crippen LogP contribution >= 0.6 is 0 Å². The maximum Gasteiger partial charge on any atom is 0.265 e. The van der Waals surface area contributed by atoms with Crippen LogP contribution in [0.15, 0.2) is 42.5 Å². The topological polar surface area (TPSA) is 75.7 Å². The second-order valence-corrected chi connectivity index (χ2v) is 6.24. The minimum Gasteiger partial charge on any atom is -0.482 e. The van der Waals surface area contributed by atoms with Gasteiger partial charge in [-0.05, 0) is 49.7 Å². The first-order valence-electron chi connectivity index (χ1n) is 8.39. The van der Waals surface area contributed by atoms with Crippen LogP contribution in [0.4, 0.5) is 11.4 Å². The number of nitrogens with one attached hydrogen (secondary N) is 1. The first-order chi connectivity index (χ1) is 12.4. The SMILES string of the molecule is CC(=O)c1ccc2c(c1)N(CCC(=O)Nc1cccc(C)c1)C(=O)CO2. The predicted octanol–water partition coefficient (Wildman–Crippen LogP) is 2.95. The Morgan fingerprint density at radius 2 is 2.00 bits per heavy atom. The maximum absolute atomic E-state index is 12.2.